The number of aliphatic imine (C=N–C) groups is 1. The zero-order valence-corrected chi connectivity index (χ0v) is 11.2. The van der Waals surface area contributed by atoms with E-state index in [2.05, 4.69) is 9.98 Å². The minimum Gasteiger partial charge on any atom is -0.465 e. The van der Waals surface area contributed by atoms with E-state index >= 15 is 0 Å². The number of hydrogen-bond donors (Lipinski definition) is 0. The largest absolute Gasteiger partial charge is 0.465 e. The van der Waals surface area contributed by atoms with Crippen LogP contribution < -0.4 is 0 Å². The van der Waals surface area contributed by atoms with Gasteiger partial charge in [0.15, 0.2) is 17.4 Å². The first-order valence-corrected chi connectivity index (χ1v) is 6.11. The summed E-state index contributed by atoms with van der Waals surface area (Å²) in [6, 6.07) is 7.03. The molecule has 2 aromatic rings. The highest BCUT2D eigenvalue weighted by molar-refractivity contribution is 5.94. The maximum absolute atomic E-state index is 11.4. The molecule has 1 aromatic carbocycles. The number of aromatic nitrogens is 1. The molecule has 20 heavy (non-hydrogen) atoms. The number of nitriles is 1. The van der Waals surface area contributed by atoms with E-state index in [-0.39, 0.29) is 6.61 Å². The van der Waals surface area contributed by atoms with Gasteiger partial charge in [-0.05, 0) is 25.1 Å². The van der Waals surface area contributed by atoms with E-state index in [9.17, 15) is 4.79 Å². The summed E-state index contributed by atoms with van der Waals surface area (Å²) in [5, 5.41) is 8.91. The fourth-order valence-corrected chi connectivity index (χ4v) is 1.65. The van der Waals surface area contributed by atoms with E-state index in [1.54, 1.807) is 32.0 Å². The number of hydrogen-bond acceptors (Lipinski definition) is 6. The van der Waals surface area contributed by atoms with Crippen LogP contribution in [0.3, 0.4) is 0 Å². The molecule has 102 valence electrons. The van der Waals surface area contributed by atoms with Gasteiger partial charge in [-0.3, -0.25) is 9.79 Å². The summed E-state index contributed by atoms with van der Waals surface area (Å²) in [5.41, 5.74) is 1.95. The topological polar surface area (TPSA) is 88.5 Å². The van der Waals surface area contributed by atoms with Crippen LogP contribution in [0.5, 0.6) is 0 Å². The molecule has 6 nitrogen and oxygen atoms in total. The summed E-state index contributed by atoms with van der Waals surface area (Å²) in [5.74, 6) is -1.04. The Kier molecular flexibility index (Phi) is 4.11. The van der Waals surface area contributed by atoms with Gasteiger partial charge in [0, 0.05) is 13.1 Å². The van der Waals surface area contributed by atoms with Crippen molar-refractivity contribution in [3.8, 4) is 6.07 Å². The number of benzene rings is 1. The molecule has 0 fully saturated rings. The number of nitrogens with zero attached hydrogens (tertiary/aromatic N) is 3. The summed E-state index contributed by atoms with van der Waals surface area (Å²) in [6.45, 7) is 3.68. The van der Waals surface area contributed by atoms with Gasteiger partial charge in [-0.25, -0.2) is 4.98 Å². The SMILES string of the molecule is CCOC(=O)C(C#N)C=Nc1ccc2oc(C)nc2c1. The van der Waals surface area contributed by atoms with Crippen LogP contribution in [0.1, 0.15) is 12.8 Å². The number of rotatable bonds is 4. The van der Waals surface area contributed by atoms with Crippen LogP contribution in [0.25, 0.3) is 11.1 Å². The fraction of sp³-hybridized carbons (Fsp3) is 0.286. The highest BCUT2D eigenvalue weighted by Gasteiger charge is 2.16. The van der Waals surface area contributed by atoms with E-state index in [1.165, 1.54) is 6.21 Å². The third-order valence-electron chi connectivity index (χ3n) is 2.53. The van der Waals surface area contributed by atoms with E-state index in [4.69, 9.17) is 14.4 Å². The van der Waals surface area contributed by atoms with Crippen molar-refractivity contribution in [2.45, 2.75) is 13.8 Å². The second-order valence-corrected chi connectivity index (χ2v) is 4.02. The predicted molar refractivity (Wildman–Crippen MR) is 72.6 cm³/mol. The fourth-order valence-electron chi connectivity index (χ4n) is 1.65. The second-order valence-electron chi connectivity index (χ2n) is 4.02. The maximum Gasteiger partial charge on any atom is 0.328 e. The van der Waals surface area contributed by atoms with E-state index < -0.39 is 11.9 Å². The number of aryl methyl sites for hydroxylation is 1. The zero-order chi connectivity index (χ0) is 14.5. The van der Waals surface area contributed by atoms with Crippen molar-refractivity contribution in [2.75, 3.05) is 6.61 Å². The van der Waals surface area contributed by atoms with Crippen molar-refractivity contribution in [1.29, 1.82) is 5.26 Å². The molecule has 0 saturated carbocycles. The van der Waals surface area contributed by atoms with Crippen LogP contribution in [0, 0.1) is 24.2 Å². The Hall–Kier alpha value is -2.68. The van der Waals surface area contributed by atoms with Crippen molar-refractivity contribution in [2.24, 2.45) is 10.9 Å². The third kappa shape index (κ3) is 3.01. The average molecular weight is 271 g/mol. The quantitative estimate of drug-likeness (QED) is 0.629. The summed E-state index contributed by atoms with van der Waals surface area (Å²) >= 11 is 0. The predicted octanol–water partition coefficient (Wildman–Crippen LogP) is 2.54. The maximum atomic E-state index is 11.4. The van der Waals surface area contributed by atoms with Gasteiger partial charge < -0.3 is 9.15 Å². The Bertz CT molecular complexity index is 697. The molecular formula is C14H13N3O3. The Balaban J connectivity index is 2.19. The van der Waals surface area contributed by atoms with Crippen molar-refractivity contribution in [3.63, 3.8) is 0 Å². The molecule has 0 aliphatic carbocycles. The minimum atomic E-state index is -1.01. The van der Waals surface area contributed by atoms with E-state index in [0.717, 1.165) is 0 Å². The Morgan fingerprint density at radius 2 is 2.45 bits per heavy atom. The first-order chi connectivity index (χ1) is 9.63. The normalized spacial score (nSPS) is 12.4. The molecule has 6 heteroatoms. The van der Waals surface area contributed by atoms with Crippen LogP contribution in [0.2, 0.25) is 0 Å². The van der Waals surface area contributed by atoms with E-state index in [0.29, 0.717) is 22.7 Å². The van der Waals surface area contributed by atoms with Gasteiger partial charge in [0.2, 0.25) is 0 Å². The molecule has 2 rings (SSSR count). The molecule has 0 saturated heterocycles. The average Bonchev–Trinajstić information content (AvgIpc) is 2.79. The number of fused-ring (bicyclic) bond motifs is 1. The van der Waals surface area contributed by atoms with Crippen molar-refractivity contribution < 1.29 is 13.9 Å². The number of oxazole rings is 1. The van der Waals surface area contributed by atoms with Gasteiger partial charge in [-0.1, -0.05) is 0 Å². The van der Waals surface area contributed by atoms with Crippen molar-refractivity contribution in [1.82, 2.24) is 4.98 Å². The molecule has 0 radical (unpaired) electrons. The van der Waals surface area contributed by atoms with Crippen molar-refractivity contribution >= 4 is 29.0 Å². The number of esters is 1. The number of ether oxygens (including phenoxy) is 1. The number of carbonyl (C=O) groups is 1. The van der Waals surface area contributed by atoms with Gasteiger partial charge >= 0.3 is 5.97 Å². The lowest BCUT2D eigenvalue weighted by Gasteiger charge is -2.02. The Morgan fingerprint density at radius 1 is 1.65 bits per heavy atom. The van der Waals surface area contributed by atoms with Gasteiger partial charge in [0.05, 0.1) is 18.4 Å². The molecule has 0 aliphatic rings. The van der Waals surface area contributed by atoms with Crippen LogP contribution in [-0.4, -0.2) is 23.8 Å². The molecule has 0 amide bonds. The molecule has 1 atom stereocenters. The van der Waals surface area contributed by atoms with Crippen molar-refractivity contribution in [3.05, 3.63) is 24.1 Å². The third-order valence-corrected chi connectivity index (χ3v) is 2.53. The molecule has 1 unspecified atom stereocenters. The van der Waals surface area contributed by atoms with E-state index in [1.807, 2.05) is 6.07 Å². The van der Waals surface area contributed by atoms with Gasteiger partial charge in [0.25, 0.3) is 0 Å². The summed E-state index contributed by atoms with van der Waals surface area (Å²) in [7, 11) is 0. The summed E-state index contributed by atoms with van der Waals surface area (Å²) in [6.07, 6.45) is 1.27. The minimum absolute atomic E-state index is 0.231. The molecule has 0 spiro atoms. The van der Waals surface area contributed by atoms with Crippen LogP contribution >= 0.6 is 0 Å². The molecule has 1 heterocycles. The standard InChI is InChI=1S/C14H13N3O3/c1-3-19-14(18)10(7-15)8-16-11-4-5-13-12(6-11)17-9(2)20-13/h4-6,8,10H,3H2,1-2H3. The monoisotopic (exact) mass is 271 g/mol. The van der Waals surface area contributed by atoms with Crippen LogP contribution in [0.4, 0.5) is 5.69 Å². The van der Waals surface area contributed by atoms with Crippen LogP contribution in [-0.2, 0) is 9.53 Å². The smallest absolute Gasteiger partial charge is 0.328 e. The summed E-state index contributed by atoms with van der Waals surface area (Å²) < 4.78 is 10.1. The Morgan fingerprint density at radius 3 is 3.15 bits per heavy atom. The number of carbonyl (C=O) groups excluding carboxylic acids is 1. The molecule has 1 aromatic heterocycles. The van der Waals surface area contributed by atoms with Gasteiger partial charge in [-0.15, -0.1) is 0 Å². The summed E-state index contributed by atoms with van der Waals surface area (Å²) in [4.78, 5) is 19.7. The Labute approximate surface area is 115 Å². The van der Waals surface area contributed by atoms with Gasteiger partial charge in [0.1, 0.15) is 5.52 Å². The van der Waals surface area contributed by atoms with Crippen LogP contribution in [0.15, 0.2) is 27.6 Å². The first kappa shape index (κ1) is 13.7. The highest BCUT2D eigenvalue weighted by Crippen LogP contribution is 2.21. The second kappa shape index (κ2) is 5.97. The first-order valence-electron chi connectivity index (χ1n) is 6.11. The lowest BCUT2D eigenvalue weighted by atomic mass is 10.2. The lowest BCUT2D eigenvalue weighted by Crippen LogP contribution is -2.17. The van der Waals surface area contributed by atoms with Gasteiger partial charge in [-0.2, -0.15) is 5.26 Å². The molecule has 0 aliphatic heterocycles. The molecule has 0 N–H and O–H groups in total. The molecular weight excluding hydrogens is 258 g/mol. The lowest BCUT2D eigenvalue weighted by molar-refractivity contribution is -0.143. The highest BCUT2D eigenvalue weighted by atomic mass is 16.5. The zero-order valence-electron chi connectivity index (χ0n) is 11.2. The molecule has 0 bridgehead atoms.